The average molecular weight is 422 g/mol. The number of ether oxygens (including phenoxy) is 2. The van der Waals surface area contributed by atoms with Crippen molar-refractivity contribution in [2.75, 3.05) is 19.8 Å². The van der Waals surface area contributed by atoms with Crippen molar-refractivity contribution < 1.29 is 9.47 Å². The van der Waals surface area contributed by atoms with Crippen LogP contribution in [0.15, 0.2) is 23.3 Å². The zero-order valence-corrected chi connectivity index (χ0v) is 15.9. The van der Waals surface area contributed by atoms with Gasteiger partial charge >= 0.3 is 0 Å². The lowest BCUT2D eigenvalue weighted by Crippen LogP contribution is -2.32. The molecule has 0 radical (unpaired) electrons. The fourth-order valence-electron chi connectivity index (χ4n) is 1.58. The van der Waals surface area contributed by atoms with E-state index in [1.807, 2.05) is 32.9 Å². The number of nitrogens with two attached hydrogens (primary N) is 1. The van der Waals surface area contributed by atoms with Crippen LogP contribution in [0.25, 0.3) is 0 Å². The van der Waals surface area contributed by atoms with Crippen molar-refractivity contribution in [3.63, 3.8) is 0 Å². The second-order valence-corrected chi connectivity index (χ2v) is 4.85. The maximum absolute atomic E-state index is 5.79. The summed E-state index contributed by atoms with van der Waals surface area (Å²) in [5.41, 5.74) is 6.78. The van der Waals surface area contributed by atoms with Crippen molar-refractivity contribution in [1.82, 2.24) is 10.3 Å². The summed E-state index contributed by atoms with van der Waals surface area (Å²) in [4.78, 5) is 8.49. The Bertz CT molecular complexity index is 424. The number of hydrogen-bond donors (Lipinski definition) is 2. The molecule has 0 amide bonds. The highest BCUT2D eigenvalue weighted by Gasteiger charge is 1.99. The van der Waals surface area contributed by atoms with Crippen LogP contribution in [0.4, 0.5) is 0 Å². The van der Waals surface area contributed by atoms with Gasteiger partial charge in [-0.1, -0.05) is 6.07 Å². The van der Waals surface area contributed by atoms with Gasteiger partial charge in [0.15, 0.2) is 5.96 Å². The molecule has 0 bridgehead atoms. The Morgan fingerprint density at radius 3 is 2.77 bits per heavy atom. The molecule has 1 rings (SSSR count). The monoisotopic (exact) mass is 422 g/mol. The van der Waals surface area contributed by atoms with E-state index in [1.54, 1.807) is 6.20 Å². The maximum atomic E-state index is 5.79. The van der Waals surface area contributed by atoms with Crippen LogP contribution in [0.2, 0.25) is 0 Å². The topological polar surface area (TPSA) is 81.8 Å². The molecule has 0 aromatic carbocycles. The van der Waals surface area contributed by atoms with E-state index in [9.17, 15) is 0 Å². The molecule has 0 fully saturated rings. The molecule has 0 saturated carbocycles. The molecule has 0 aliphatic rings. The van der Waals surface area contributed by atoms with Gasteiger partial charge in [0.2, 0.25) is 5.88 Å². The van der Waals surface area contributed by atoms with Gasteiger partial charge in [-0.05, 0) is 32.8 Å². The second-order valence-electron chi connectivity index (χ2n) is 4.85. The Hall–Kier alpha value is -1.09. The largest absolute Gasteiger partial charge is 0.475 e. The summed E-state index contributed by atoms with van der Waals surface area (Å²) in [7, 11) is 0. The smallest absolute Gasteiger partial charge is 0.213 e. The van der Waals surface area contributed by atoms with E-state index >= 15 is 0 Å². The van der Waals surface area contributed by atoms with Gasteiger partial charge < -0.3 is 20.5 Å². The van der Waals surface area contributed by atoms with Crippen LogP contribution in [0, 0.1) is 0 Å². The first kappa shape index (κ1) is 20.9. The highest BCUT2D eigenvalue weighted by molar-refractivity contribution is 14.0. The summed E-state index contributed by atoms with van der Waals surface area (Å²) in [5, 5.41) is 3.05. The third kappa shape index (κ3) is 9.78. The van der Waals surface area contributed by atoms with Crippen molar-refractivity contribution in [2.24, 2.45) is 10.7 Å². The Balaban J connectivity index is 0.00000441. The first-order valence-corrected chi connectivity index (χ1v) is 7.35. The second kappa shape index (κ2) is 12.5. The van der Waals surface area contributed by atoms with Gasteiger partial charge in [0.25, 0.3) is 0 Å². The number of nitrogens with zero attached hydrogens (tertiary/aromatic N) is 2. The van der Waals surface area contributed by atoms with E-state index in [2.05, 4.69) is 15.3 Å². The summed E-state index contributed by atoms with van der Waals surface area (Å²) in [6.45, 7) is 8.66. The van der Waals surface area contributed by atoms with Gasteiger partial charge in [0, 0.05) is 32.0 Å². The molecule has 0 spiro atoms. The molecule has 0 atom stereocenters. The average Bonchev–Trinajstić information content (AvgIpc) is 2.46. The minimum Gasteiger partial charge on any atom is -0.475 e. The third-order valence-electron chi connectivity index (χ3n) is 2.56. The van der Waals surface area contributed by atoms with Crippen LogP contribution in [-0.2, 0) is 11.3 Å². The van der Waals surface area contributed by atoms with E-state index in [4.69, 9.17) is 15.2 Å². The number of halogens is 1. The Morgan fingerprint density at radius 1 is 1.41 bits per heavy atom. The van der Waals surface area contributed by atoms with Crippen molar-refractivity contribution in [3.05, 3.63) is 23.9 Å². The van der Waals surface area contributed by atoms with Crippen LogP contribution in [0.5, 0.6) is 5.88 Å². The standard InChI is InChI=1S/C15H26N4O2.HI/c1-4-20-9-5-8-17-15(16)19-11-13-6-7-14(18-10-13)21-12(2)3;/h6-7,10,12H,4-5,8-9,11H2,1-3H3,(H3,16,17,19);1H. The van der Waals surface area contributed by atoms with Gasteiger partial charge in [-0.25, -0.2) is 9.98 Å². The van der Waals surface area contributed by atoms with E-state index in [1.165, 1.54) is 0 Å². The van der Waals surface area contributed by atoms with Gasteiger partial charge in [-0.2, -0.15) is 0 Å². The summed E-state index contributed by atoms with van der Waals surface area (Å²) >= 11 is 0. The fourth-order valence-corrected chi connectivity index (χ4v) is 1.58. The van der Waals surface area contributed by atoms with Gasteiger partial charge in [0.05, 0.1) is 12.6 Å². The summed E-state index contributed by atoms with van der Waals surface area (Å²) in [6, 6.07) is 3.78. The number of hydrogen-bond acceptors (Lipinski definition) is 4. The molecule has 0 saturated heterocycles. The van der Waals surface area contributed by atoms with E-state index in [0.717, 1.165) is 31.7 Å². The molecule has 0 unspecified atom stereocenters. The van der Waals surface area contributed by atoms with Gasteiger partial charge in [-0.3, -0.25) is 0 Å². The molecule has 126 valence electrons. The van der Waals surface area contributed by atoms with E-state index in [0.29, 0.717) is 18.4 Å². The summed E-state index contributed by atoms with van der Waals surface area (Å²) in [5.74, 6) is 1.06. The number of nitrogens with one attached hydrogen (secondary N) is 1. The first-order valence-electron chi connectivity index (χ1n) is 7.35. The minimum absolute atomic E-state index is 0. The lowest BCUT2D eigenvalue weighted by molar-refractivity contribution is 0.145. The van der Waals surface area contributed by atoms with Crippen LogP contribution in [-0.4, -0.2) is 36.8 Å². The fraction of sp³-hybridized carbons (Fsp3) is 0.600. The first-order chi connectivity index (χ1) is 10.1. The molecular weight excluding hydrogens is 395 g/mol. The van der Waals surface area contributed by atoms with Crippen LogP contribution in [0.3, 0.4) is 0 Å². The molecule has 1 heterocycles. The summed E-state index contributed by atoms with van der Waals surface area (Å²) in [6.07, 6.45) is 2.79. The van der Waals surface area contributed by atoms with Crippen molar-refractivity contribution >= 4 is 29.9 Å². The number of pyridine rings is 1. The third-order valence-corrected chi connectivity index (χ3v) is 2.56. The van der Waals surface area contributed by atoms with Gasteiger partial charge in [-0.15, -0.1) is 24.0 Å². The molecule has 6 nitrogen and oxygen atoms in total. The molecule has 0 aliphatic heterocycles. The predicted octanol–water partition coefficient (Wildman–Crippen LogP) is 2.32. The highest BCUT2D eigenvalue weighted by Crippen LogP contribution is 2.09. The number of rotatable bonds is 9. The quantitative estimate of drug-likeness (QED) is 0.276. The molecule has 0 aliphatic carbocycles. The number of aromatic nitrogens is 1. The van der Waals surface area contributed by atoms with Crippen LogP contribution >= 0.6 is 24.0 Å². The van der Waals surface area contributed by atoms with E-state index in [-0.39, 0.29) is 30.1 Å². The lowest BCUT2D eigenvalue weighted by atomic mass is 10.3. The van der Waals surface area contributed by atoms with Crippen molar-refractivity contribution in [3.8, 4) is 5.88 Å². The molecule has 3 N–H and O–H groups in total. The van der Waals surface area contributed by atoms with Crippen molar-refractivity contribution in [2.45, 2.75) is 39.8 Å². The van der Waals surface area contributed by atoms with Gasteiger partial charge in [0.1, 0.15) is 0 Å². The zero-order chi connectivity index (χ0) is 15.5. The zero-order valence-electron chi connectivity index (χ0n) is 13.5. The molecule has 1 aromatic heterocycles. The number of aliphatic imine (C=N–C) groups is 1. The van der Waals surface area contributed by atoms with E-state index < -0.39 is 0 Å². The molecular formula is C15H27IN4O2. The molecule has 7 heteroatoms. The number of guanidine groups is 1. The molecule has 22 heavy (non-hydrogen) atoms. The SMILES string of the molecule is CCOCCCNC(N)=NCc1ccc(OC(C)C)nc1.I. The summed E-state index contributed by atoms with van der Waals surface area (Å²) < 4.78 is 10.7. The Morgan fingerprint density at radius 2 is 2.18 bits per heavy atom. The Labute approximate surface area is 149 Å². The van der Waals surface area contributed by atoms with Crippen molar-refractivity contribution in [1.29, 1.82) is 0 Å². The lowest BCUT2D eigenvalue weighted by Gasteiger charge is -2.08. The Kier molecular flexibility index (Phi) is 11.8. The maximum Gasteiger partial charge on any atom is 0.213 e. The molecule has 1 aromatic rings. The highest BCUT2D eigenvalue weighted by atomic mass is 127. The van der Waals surface area contributed by atoms with Crippen LogP contribution in [0.1, 0.15) is 32.8 Å². The minimum atomic E-state index is 0. The predicted molar refractivity (Wildman–Crippen MR) is 99.9 cm³/mol. The normalized spacial score (nSPS) is 11.2. The van der Waals surface area contributed by atoms with Crippen LogP contribution < -0.4 is 15.8 Å².